The molecule has 1 N–H and O–H groups in total. The van der Waals surface area contributed by atoms with Gasteiger partial charge in [0.1, 0.15) is 6.16 Å². The van der Waals surface area contributed by atoms with Gasteiger partial charge in [0.15, 0.2) is 0 Å². The molecule has 3 rings (SSSR count). The number of aromatic nitrogens is 2. The highest BCUT2D eigenvalue weighted by atomic mass is 32.2. The average molecular weight is 532 g/mol. The molecular formula is C20H30N5O8PS. The summed E-state index contributed by atoms with van der Waals surface area (Å²) in [4.78, 5) is 30.2. The highest BCUT2D eigenvalue weighted by Gasteiger charge is 2.32. The third-order valence-electron chi connectivity index (χ3n) is 5.33. The van der Waals surface area contributed by atoms with E-state index in [0.717, 1.165) is 0 Å². The van der Waals surface area contributed by atoms with E-state index in [9.17, 15) is 22.6 Å². The Morgan fingerprint density at radius 1 is 1.11 bits per heavy atom. The highest BCUT2D eigenvalue weighted by molar-refractivity contribution is 7.87. The number of hydrogen-bond acceptors (Lipinski definition) is 9. The van der Waals surface area contributed by atoms with Crippen LogP contribution in [0.3, 0.4) is 0 Å². The molecular weight excluding hydrogens is 501 g/mol. The minimum Gasteiger partial charge on any atom is -0.481 e. The molecule has 0 unspecified atom stereocenters. The van der Waals surface area contributed by atoms with Crippen molar-refractivity contribution in [3.8, 4) is 5.88 Å². The normalized spacial score (nSPS) is 15.3. The van der Waals surface area contributed by atoms with Crippen molar-refractivity contribution in [1.29, 1.82) is 0 Å². The molecule has 2 aromatic rings. The predicted octanol–water partition coefficient (Wildman–Crippen LogP) is 0.664. The number of carbonyl (C=O) groups excluding carboxylic acids is 2. The van der Waals surface area contributed by atoms with E-state index in [1.54, 1.807) is 26.0 Å². The van der Waals surface area contributed by atoms with Crippen molar-refractivity contribution < 1.29 is 36.4 Å². The number of rotatable bonds is 11. The molecule has 194 valence electrons. The lowest BCUT2D eigenvalue weighted by molar-refractivity contribution is -0.133. The topological polar surface area (TPSA) is 149 Å². The van der Waals surface area contributed by atoms with Crippen molar-refractivity contribution in [3.05, 3.63) is 24.5 Å². The molecule has 3 heterocycles. The van der Waals surface area contributed by atoms with E-state index in [4.69, 9.17) is 13.8 Å². The molecule has 1 fully saturated rings. The van der Waals surface area contributed by atoms with Crippen LogP contribution in [0.1, 0.15) is 13.8 Å². The van der Waals surface area contributed by atoms with Crippen LogP contribution in [0.15, 0.2) is 24.5 Å². The SMILES string of the molecule is CCOP(=O)(CC(=O)NCC(=O)N1CCN(S(=O)(=O)n2ccc3c(OC)nccc32)CC1)OCC. The van der Waals surface area contributed by atoms with Crippen LogP contribution in [-0.4, -0.2) is 97.6 Å². The van der Waals surface area contributed by atoms with Gasteiger partial charge in [-0.15, -0.1) is 0 Å². The first-order chi connectivity index (χ1) is 16.6. The average Bonchev–Trinajstić information content (AvgIpc) is 3.28. The van der Waals surface area contributed by atoms with E-state index in [0.29, 0.717) is 16.8 Å². The van der Waals surface area contributed by atoms with Crippen LogP contribution in [-0.2, 0) is 33.4 Å². The van der Waals surface area contributed by atoms with Crippen molar-refractivity contribution in [2.45, 2.75) is 13.8 Å². The Kier molecular flexibility index (Phi) is 8.89. The maximum atomic E-state index is 13.2. The van der Waals surface area contributed by atoms with Crippen LogP contribution in [0.25, 0.3) is 10.9 Å². The Morgan fingerprint density at radius 2 is 1.77 bits per heavy atom. The molecule has 0 atom stereocenters. The summed E-state index contributed by atoms with van der Waals surface area (Å²) < 4.78 is 56.7. The van der Waals surface area contributed by atoms with Crippen molar-refractivity contribution in [2.75, 3.05) is 59.2 Å². The number of fused-ring (bicyclic) bond motifs is 1. The van der Waals surface area contributed by atoms with Crippen molar-refractivity contribution >= 4 is 40.5 Å². The molecule has 1 saturated heterocycles. The van der Waals surface area contributed by atoms with Crippen LogP contribution in [0.5, 0.6) is 5.88 Å². The smallest absolute Gasteiger partial charge is 0.340 e. The molecule has 1 aliphatic rings. The minimum atomic E-state index is -3.88. The van der Waals surface area contributed by atoms with Crippen molar-refractivity contribution in [2.24, 2.45) is 0 Å². The number of carbonyl (C=O) groups is 2. The minimum absolute atomic E-state index is 0.0911. The van der Waals surface area contributed by atoms with E-state index >= 15 is 0 Å². The third kappa shape index (κ3) is 6.19. The Bertz CT molecular complexity index is 1200. The molecule has 0 saturated carbocycles. The lowest BCUT2D eigenvalue weighted by Crippen LogP contribution is -2.53. The molecule has 0 radical (unpaired) electrons. The van der Waals surface area contributed by atoms with Gasteiger partial charge < -0.3 is 24.0 Å². The Labute approximate surface area is 204 Å². The van der Waals surface area contributed by atoms with E-state index in [-0.39, 0.29) is 51.8 Å². The van der Waals surface area contributed by atoms with Gasteiger partial charge in [-0.2, -0.15) is 12.7 Å². The van der Waals surface area contributed by atoms with Gasteiger partial charge in [-0.05, 0) is 26.0 Å². The van der Waals surface area contributed by atoms with Gasteiger partial charge in [-0.1, -0.05) is 0 Å². The molecule has 2 aromatic heterocycles. The summed E-state index contributed by atoms with van der Waals surface area (Å²) in [6, 6.07) is 3.21. The van der Waals surface area contributed by atoms with Crippen LogP contribution >= 0.6 is 7.60 Å². The molecule has 2 amide bonds. The molecule has 0 spiro atoms. The van der Waals surface area contributed by atoms with Crippen LogP contribution in [0, 0.1) is 0 Å². The highest BCUT2D eigenvalue weighted by Crippen LogP contribution is 2.47. The fraction of sp³-hybridized carbons (Fsp3) is 0.550. The molecule has 1 aliphatic heterocycles. The zero-order chi connectivity index (χ0) is 25.6. The molecule has 15 heteroatoms. The number of piperazine rings is 1. The van der Waals surface area contributed by atoms with Gasteiger partial charge in [-0.3, -0.25) is 14.2 Å². The Hall–Kier alpha value is -2.51. The van der Waals surface area contributed by atoms with Gasteiger partial charge >= 0.3 is 17.8 Å². The number of ether oxygens (including phenoxy) is 1. The maximum Gasteiger partial charge on any atom is 0.340 e. The first kappa shape index (κ1) is 27.1. The molecule has 0 aliphatic carbocycles. The first-order valence-corrected chi connectivity index (χ1v) is 14.2. The number of nitrogens with zero attached hydrogens (tertiary/aromatic N) is 4. The van der Waals surface area contributed by atoms with Gasteiger partial charge in [-0.25, -0.2) is 8.96 Å². The van der Waals surface area contributed by atoms with Gasteiger partial charge in [0.25, 0.3) is 0 Å². The summed E-state index contributed by atoms with van der Waals surface area (Å²) in [5.41, 5.74) is 0.439. The second kappa shape index (κ2) is 11.5. The number of methoxy groups -OCH3 is 1. The zero-order valence-electron chi connectivity index (χ0n) is 19.9. The van der Waals surface area contributed by atoms with E-state index < -0.39 is 29.9 Å². The molecule has 13 nitrogen and oxygen atoms in total. The maximum absolute atomic E-state index is 13.2. The van der Waals surface area contributed by atoms with Crippen molar-refractivity contribution in [1.82, 2.24) is 23.5 Å². The fourth-order valence-corrected chi connectivity index (χ4v) is 6.72. The number of hydrogen-bond donors (Lipinski definition) is 1. The van der Waals surface area contributed by atoms with Crippen LogP contribution in [0.4, 0.5) is 0 Å². The fourth-order valence-electron chi connectivity index (χ4n) is 3.71. The molecule has 0 bridgehead atoms. The second-order valence-electron chi connectivity index (χ2n) is 7.53. The monoisotopic (exact) mass is 531 g/mol. The van der Waals surface area contributed by atoms with Crippen LogP contribution in [0.2, 0.25) is 0 Å². The van der Waals surface area contributed by atoms with E-state index in [1.807, 2.05) is 0 Å². The van der Waals surface area contributed by atoms with Crippen LogP contribution < -0.4 is 10.1 Å². The summed E-state index contributed by atoms with van der Waals surface area (Å²) >= 11 is 0. The lowest BCUT2D eigenvalue weighted by atomic mass is 10.3. The van der Waals surface area contributed by atoms with E-state index in [2.05, 4.69) is 10.3 Å². The molecule has 35 heavy (non-hydrogen) atoms. The molecule has 0 aromatic carbocycles. The first-order valence-electron chi connectivity index (χ1n) is 11.1. The summed E-state index contributed by atoms with van der Waals surface area (Å²) in [6.07, 6.45) is 2.43. The summed E-state index contributed by atoms with van der Waals surface area (Å²) in [7, 11) is -5.98. The summed E-state index contributed by atoms with van der Waals surface area (Å²) in [5, 5.41) is 3.00. The summed E-state index contributed by atoms with van der Waals surface area (Å²) in [6.45, 7) is 3.72. The van der Waals surface area contributed by atoms with Gasteiger partial charge in [0, 0.05) is 38.6 Å². The third-order valence-corrected chi connectivity index (χ3v) is 9.14. The standard InChI is InChI=1S/C20H30N5O8PS/c1-4-32-34(28,33-5-2)15-18(26)22-14-19(27)23-10-12-24(13-11-23)35(29,30)25-9-7-16-17(25)6-8-21-20(16)31-3/h6-9H,4-5,10-15H2,1-3H3,(H,22,26). The second-order valence-corrected chi connectivity index (χ2v) is 11.4. The zero-order valence-corrected chi connectivity index (χ0v) is 21.6. The lowest BCUT2D eigenvalue weighted by Gasteiger charge is -2.34. The van der Waals surface area contributed by atoms with Crippen molar-refractivity contribution in [3.63, 3.8) is 0 Å². The predicted molar refractivity (Wildman–Crippen MR) is 127 cm³/mol. The van der Waals surface area contributed by atoms with Gasteiger partial charge in [0.05, 0.1) is 37.8 Å². The number of amides is 2. The largest absolute Gasteiger partial charge is 0.481 e. The number of pyridine rings is 1. The Balaban J connectivity index is 1.56. The quantitative estimate of drug-likeness (QED) is 0.413. The van der Waals surface area contributed by atoms with E-state index in [1.165, 1.54) is 32.7 Å². The number of nitrogens with one attached hydrogen (secondary N) is 1. The van der Waals surface area contributed by atoms with Gasteiger partial charge in [0.2, 0.25) is 17.7 Å². The Morgan fingerprint density at radius 3 is 2.37 bits per heavy atom. The summed E-state index contributed by atoms with van der Waals surface area (Å²) in [5.74, 6) is -0.678.